The lowest BCUT2D eigenvalue weighted by atomic mass is 10.1. The fourth-order valence-electron chi connectivity index (χ4n) is 3.06. The van der Waals surface area contributed by atoms with Crippen LogP contribution in [0.15, 0.2) is 67.4 Å². The van der Waals surface area contributed by atoms with Crippen LogP contribution in [0.3, 0.4) is 0 Å². The van der Waals surface area contributed by atoms with Gasteiger partial charge in [0, 0.05) is 53.9 Å². The van der Waals surface area contributed by atoms with Crippen LogP contribution in [0.5, 0.6) is 0 Å². The van der Waals surface area contributed by atoms with Crippen molar-refractivity contribution in [2.24, 2.45) is 18.6 Å². The molecule has 0 unspecified atom stereocenters. The van der Waals surface area contributed by atoms with Gasteiger partial charge in [-0.15, -0.1) is 0 Å². The normalized spacial score (nSPS) is 11.9. The number of hydrogen-bond donors (Lipinski definition) is 3. The smallest absolute Gasteiger partial charge is 0.137 e. The van der Waals surface area contributed by atoms with Crippen LogP contribution in [0, 0.1) is 0 Å². The number of H-pyrrole nitrogens is 1. The first-order valence-electron chi connectivity index (χ1n) is 8.59. The molecule has 0 atom stereocenters. The van der Waals surface area contributed by atoms with Crippen molar-refractivity contribution in [3.8, 4) is 11.1 Å². The van der Waals surface area contributed by atoms with Crippen LogP contribution in [-0.4, -0.2) is 24.8 Å². The van der Waals surface area contributed by atoms with Crippen LogP contribution in [0.4, 0.5) is 0 Å². The Morgan fingerprint density at radius 1 is 1.22 bits per heavy atom. The molecule has 3 heterocycles. The van der Waals surface area contributed by atoms with Gasteiger partial charge < -0.3 is 15.7 Å². The van der Waals surface area contributed by atoms with E-state index in [2.05, 4.69) is 21.1 Å². The molecule has 27 heavy (non-hydrogen) atoms. The van der Waals surface area contributed by atoms with Gasteiger partial charge in [0.05, 0.1) is 18.4 Å². The van der Waals surface area contributed by atoms with E-state index in [9.17, 15) is 0 Å². The molecule has 0 spiro atoms. The third kappa shape index (κ3) is 3.54. The summed E-state index contributed by atoms with van der Waals surface area (Å²) in [6.45, 7) is 0.573. The topological polar surface area (TPSA) is 102 Å². The van der Waals surface area contributed by atoms with Gasteiger partial charge >= 0.3 is 0 Å². The van der Waals surface area contributed by atoms with Crippen molar-refractivity contribution in [3.63, 3.8) is 0 Å². The predicted molar refractivity (Wildman–Crippen MR) is 107 cm³/mol. The number of nitrogens with two attached hydrogens (primary N) is 2. The Morgan fingerprint density at radius 3 is 2.78 bits per heavy atom. The molecule has 4 rings (SSSR count). The maximum absolute atomic E-state index is 6.33. The SMILES string of the molecule is Cn1cc(-c2cnc3[nH]cc(/C(N)=C/N(N)Cc4ccccc4)c3c2)cn1. The molecule has 0 saturated carbocycles. The molecule has 3 aromatic heterocycles. The second-order valence-electron chi connectivity index (χ2n) is 6.47. The van der Waals surface area contributed by atoms with E-state index in [1.165, 1.54) is 0 Å². The highest BCUT2D eigenvalue weighted by atomic mass is 15.4. The fourth-order valence-corrected chi connectivity index (χ4v) is 3.06. The Hall–Kier alpha value is -3.58. The number of nitrogens with one attached hydrogen (secondary N) is 1. The molecule has 0 fully saturated rings. The molecule has 0 aliphatic rings. The molecule has 4 aromatic rings. The first kappa shape index (κ1) is 16.9. The van der Waals surface area contributed by atoms with E-state index in [0.29, 0.717) is 12.2 Å². The van der Waals surface area contributed by atoms with Crippen LogP contribution in [0.2, 0.25) is 0 Å². The van der Waals surface area contributed by atoms with Gasteiger partial charge in [-0.1, -0.05) is 30.3 Å². The molecule has 0 amide bonds. The van der Waals surface area contributed by atoms with Gasteiger partial charge in [0.25, 0.3) is 0 Å². The van der Waals surface area contributed by atoms with E-state index in [0.717, 1.165) is 33.3 Å². The highest BCUT2D eigenvalue weighted by Crippen LogP contribution is 2.26. The summed E-state index contributed by atoms with van der Waals surface area (Å²) in [7, 11) is 1.89. The summed E-state index contributed by atoms with van der Waals surface area (Å²) in [4.78, 5) is 7.66. The number of aromatic amines is 1. The van der Waals surface area contributed by atoms with Crippen molar-refractivity contribution in [2.75, 3.05) is 0 Å². The highest BCUT2D eigenvalue weighted by molar-refractivity contribution is 5.92. The average molecular weight is 359 g/mol. The first-order chi connectivity index (χ1) is 13.1. The van der Waals surface area contributed by atoms with Crippen LogP contribution in [0.25, 0.3) is 27.9 Å². The summed E-state index contributed by atoms with van der Waals surface area (Å²) >= 11 is 0. The van der Waals surface area contributed by atoms with E-state index in [1.807, 2.05) is 62.2 Å². The lowest BCUT2D eigenvalue weighted by molar-refractivity contribution is 0.388. The van der Waals surface area contributed by atoms with E-state index in [-0.39, 0.29) is 0 Å². The summed E-state index contributed by atoms with van der Waals surface area (Å²) in [6.07, 6.45) is 9.19. The average Bonchev–Trinajstić information content (AvgIpc) is 3.28. The lowest BCUT2D eigenvalue weighted by Crippen LogP contribution is -2.25. The Kier molecular flexibility index (Phi) is 4.35. The second-order valence-corrected chi connectivity index (χ2v) is 6.47. The molecular formula is C20H21N7. The molecule has 0 radical (unpaired) electrons. The van der Waals surface area contributed by atoms with Gasteiger partial charge in [-0.3, -0.25) is 4.68 Å². The molecule has 7 nitrogen and oxygen atoms in total. The molecule has 0 bridgehead atoms. The Balaban J connectivity index is 1.64. The summed E-state index contributed by atoms with van der Waals surface area (Å²) in [5.74, 6) is 6.12. The Bertz CT molecular complexity index is 1090. The number of fused-ring (bicyclic) bond motifs is 1. The monoisotopic (exact) mass is 359 g/mol. The number of hydrogen-bond acceptors (Lipinski definition) is 5. The second kappa shape index (κ2) is 6.97. The van der Waals surface area contributed by atoms with Crippen LogP contribution < -0.4 is 11.6 Å². The summed E-state index contributed by atoms with van der Waals surface area (Å²) in [5.41, 5.74) is 11.7. The number of aromatic nitrogens is 4. The van der Waals surface area contributed by atoms with Gasteiger partial charge in [-0.25, -0.2) is 10.8 Å². The third-order valence-corrected chi connectivity index (χ3v) is 4.39. The maximum atomic E-state index is 6.33. The predicted octanol–water partition coefficient (Wildman–Crippen LogP) is 2.60. The van der Waals surface area contributed by atoms with Crippen molar-refractivity contribution in [1.29, 1.82) is 0 Å². The Morgan fingerprint density at radius 2 is 2.04 bits per heavy atom. The molecule has 1 aromatic carbocycles. The number of aryl methyl sites for hydroxylation is 1. The van der Waals surface area contributed by atoms with Crippen LogP contribution in [0.1, 0.15) is 11.1 Å². The van der Waals surface area contributed by atoms with Crippen molar-refractivity contribution >= 4 is 16.7 Å². The van der Waals surface area contributed by atoms with Gasteiger partial charge in [0.1, 0.15) is 5.65 Å². The minimum atomic E-state index is 0.573. The largest absolute Gasteiger partial charge is 0.397 e. The lowest BCUT2D eigenvalue weighted by Gasteiger charge is -2.15. The van der Waals surface area contributed by atoms with Crippen LogP contribution in [-0.2, 0) is 13.6 Å². The van der Waals surface area contributed by atoms with Crippen LogP contribution >= 0.6 is 0 Å². The van der Waals surface area contributed by atoms with E-state index in [1.54, 1.807) is 15.9 Å². The zero-order chi connectivity index (χ0) is 18.8. The minimum absolute atomic E-state index is 0.573. The van der Waals surface area contributed by atoms with Crippen molar-refractivity contribution < 1.29 is 0 Å². The molecule has 0 aliphatic carbocycles. The number of pyridine rings is 1. The van der Waals surface area contributed by atoms with Gasteiger partial charge in [0.2, 0.25) is 0 Å². The third-order valence-electron chi connectivity index (χ3n) is 4.39. The van der Waals surface area contributed by atoms with Crippen molar-refractivity contribution in [3.05, 3.63) is 78.5 Å². The minimum Gasteiger partial charge on any atom is -0.397 e. The summed E-state index contributed by atoms with van der Waals surface area (Å²) < 4.78 is 1.77. The number of hydrazine groups is 1. The highest BCUT2D eigenvalue weighted by Gasteiger charge is 2.11. The number of nitrogens with zero attached hydrogens (tertiary/aromatic N) is 4. The summed E-state index contributed by atoms with van der Waals surface area (Å²) in [5, 5.41) is 6.75. The van der Waals surface area contributed by atoms with Crippen molar-refractivity contribution in [2.45, 2.75) is 6.54 Å². The van der Waals surface area contributed by atoms with E-state index < -0.39 is 0 Å². The van der Waals surface area contributed by atoms with Crippen molar-refractivity contribution in [1.82, 2.24) is 24.8 Å². The number of benzene rings is 1. The summed E-state index contributed by atoms with van der Waals surface area (Å²) in [6, 6.07) is 12.1. The zero-order valence-corrected chi connectivity index (χ0v) is 15.0. The molecule has 0 saturated heterocycles. The molecule has 136 valence electrons. The van der Waals surface area contributed by atoms with Gasteiger partial charge in [-0.05, 0) is 11.6 Å². The first-order valence-corrected chi connectivity index (χ1v) is 8.59. The fraction of sp³-hybridized carbons (Fsp3) is 0.100. The zero-order valence-electron chi connectivity index (χ0n) is 15.0. The maximum Gasteiger partial charge on any atom is 0.137 e. The molecular weight excluding hydrogens is 338 g/mol. The van der Waals surface area contributed by atoms with E-state index in [4.69, 9.17) is 11.6 Å². The van der Waals surface area contributed by atoms with E-state index >= 15 is 0 Å². The standard InChI is InChI=1S/C20H21N7/c1-26-12-16(9-25-26)15-7-17-18(10-24-20(17)23-8-15)19(21)13-27(22)11-14-5-3-2-4-6-14/h2-10,12-13H,11,21-22H2,1H3,(H,23,24)/b19-13-. The number of rotatable bonds is 5. The van der Waals surface area contributed by atoms with Gasteiger partial charge in [0.15, 0.2) is 0 Å². The molecule has 5 N–H and O–H groups in total. The molecule has 0 aliphatic heterocycles. The molecule has 7 heteroatoms. The Labute approximate surface area is 156 Å². The quantitative estimate of drug-likeness (QED) is 0.375. The van der Waals surface area contributed by atoms with Gasteiger partial charge in [-0.2, -0.15) is 5.10 Å².